The van der Waals surface area contributed by atoms with E-state index in [-0.39, 0.29) is 18.4 Å². The van der Waals surface area contributed by atoms with E-state index in [1.54, 1.807) is 24.3 Å². The number of benzene rings is 1. The highest BCUT2D eigenvalue weighted by Crippen LogP contribution is 2.22. The van der Waals surface area contributed by atoms with E-state index in [2.05, 4.69) is 9.80 Å². The SMILES string of the molecule is O=C1c2ccccc2C(=O)N1CN1CCN(CCO)CC1. The number of hydrogen-bond donors (Lipinski definition) is 1. The molecule has 2 aliphatic heterocycles. The van der Waals surface area contributed by atoms with Crippen LogP contribution in [0.1, 0.15) is 20.7 Å². The Morgan fingerprint density at radius 2 is 1.43 bits per heavy atom. The fourth-order valence-electron chi connectivity index (χ4n) is 2.86. The molecule has 112 valence electrons. The molecule has 0 unspecified atom stereocenters. The molecule has 2 heterocycles. The number of amides is 2. The number of β-amino-alcohol motifs (C(OH)–C–C–N with tert-alkyl or cyclic N) is 1. The van der Waals surface area contributed by atoms with Crippen LogP contribution in [0.25, 0.3) is 0 Å². The zero-order valence-electron chi connectivity index (χ0n) is 11.9. The van der Waals surface area contributed by atoms with Crippen LogP contribution in [0.3, 0.4) is 0 Å². The molecule has 6 heteroatoms. The maximum absolute atomic E-state index is 12.3. The fourth-order valence-corrected chi connectivity index (χ4v) is 2.86. The van der Waals surface area contributed by atoms with E-state index in [9.17, 15) is 9.59 Å². The lowest BCUT2D eigenvalue weighted by Gasteiger charge is -2.35. The van der Waals surface area contributed by atoms with Crippen LogP contribution >= 0.6 is 0 Å². The third-order valence-electron chi connectivity index (χ3n) is 4.10. The number of aliphatic hydroxyl groups excluding tert-OH is 1. The topological polar surface area (TPSA) is 64.1 Å². The second-order valence-electron chi connectivity index (χ2n) is 5.41. The first kappa shape index (κ1) is 14.2. The van der Waals surface area contributed by atoms with Crippen molar-refractivity contribution in [2.75, 3.05) is 46.0 Å². The zero-order valence-corrected chi connectivity index (χ0v) is 11.9. The van der Waals surface area contributed by atoms with Gasteiger partial charge in [0.15, 0.2) is 0 Å². The van der Waals surface area contributed by atoms with Crippen molar-refractivity contribution in [2.45, 2.75) is 0 Å². The fraction of sp³-hybridized carbons (Fsp3) is 0.467. The average molecular weight is 289 g/mol. The van der Waals surface area contributed by atoms with Crippen LogP contribution in [0, 0.1) is 0 Å². The van der Waals surface area contributed by atoms with Crippen LogP contribution in [-0.4, -0.2) is 77.6 Å². The molecule has 0 spiro atoms. The summed E-state index contributed by atoms with van der Waals surface area (Å²) in [4.78, 5) is 30.2. The lowest BCUT2D eigenvalue weighted by Crippen LogP contribution is -2.51. The number of piperazine rings is 1. The van der Waals surface area contributed by atoms with Gasteiger partial charge < -0.3 is 5.11 Å². The molecule has 0 saturated carbocycles. The van der Waals surface area contributed by atoms with Crippen molar-refractivity contribution in [2.24, 2.45) is 0 Å². The van der Waals surface area contributed by atoms with E-state index in [4.69, 9.17) is 5.11 Å². The second kappa shape index (κ2) is 5.93. The minimum atomic E-state index is -0.201. The minimum absolute atomic E-state index is 0.165. The highest BCUT2D eigenvalue weighted by Gasteiger charge is 2.36. The van der Waals surface area contributed by atoms with E-state index in [0.717, 1.165) is 26.2 Å². The molecule has 2 amide bonds. The molecule has 0 bridgehead atoms. The Morgan fingerprint density at radius 1 is 0.905 bits per heavy atom. The van der Waals surface area contributed by atoms with Crippen LogP contribution in [-0.2, 0) is 0 Å². The van der Waals surface area contributed by atoms with E-state index < -0.39 is 0 Å². The summed E-state index contributed by atoms with van der Waals surface area (Å²) in [6.07, 6.45) is 0. The van der Waals surface area contributed by atoms with E-state index >= 15 is 0 Å². The van der Waals surface area contributed by atoms with Crippen LogP contribution < -0.4 is 0 Å². The predicted octanol–water partition coefficient (Wildman–Crippen LogP) is -0.150. The number of carbonyl (C=O) groups excluding carboxylic acids is 2. The molecule has 0 atom stereocenters. The van der Waals surface area contributed by atoms with Crippen LogP contribution in [0.15, 0.2) is 24.3 Å². The number of nitrogens with zero attached hydrogens (tertiary/aromatic N) is 3. The summed E-state index contributed by atoms with van der Waals surface area (Å²) < 4.78 is 0. The Morgan fingerprint density at radius 3 is 1.95 bits per heavy atom. The number of hydrogen-bond acceptors (Lipinski definition) is 5. The molecule has 3 rings (SSSR count). The molecule has 1 saturated heterocycles. The van der Waals surface area contributed by atoms with Crippen molar-refractivity contribution in [3.05, 3.63) is 35.4 Å². The Balaban J connectivity index is 1.63. The predicted molar refractivity (Wildman–Crippen MR) is 76.9 cm³/mol. The molecule has 0 aromatic heterocycles. The summed E-state index contributed by atoms with van der Waals surface area (Å²) in [6, 6.07) is 6.96. The van der Waals surface area contributed by atoms with Crippen LogP contribution in [0.4, 0.5) is 0 Å². The minimum Gasteiger partial charge on any atom is -0.395 e. The van der Waals surface area contributed by atoms with Crippen molar-refractivity contribution < 1.29 is 14.7 Å². The van der Waals surface area contributed by atoms with Crippen molar-refractivity contribution >= 4 is 11.8 Å². The van der Waals surface area contributed by atoms with Gasteiger partial charge in [0.25, 0.3) is 11.8 Å². The monoisotopic (exact) mass is 289 g/mol. The van der Waals surface area contributed by atoms with Gasteiger partial charge in [-0.3, -0.25) is 24.3 Å². The van der Waals surface area contributed by atoms with Crippen molar-refractivity contribution in [1.82, 2.24) is 14.7 Å². The van der Waals surface area contributed by atoms with Gasteiger partial charge in [-0.05, 0) is 12.1 Å². The normalized spacial score (nSPS) is 20.1. The third kappa shape index (κ3) is 2.70. The second-order valence-corrected chi connectivity index (χ2v) is 5.41. The Labute approximate surface area is 123 Å². The Hall–Kier alpha value is -1.76. The van der Waals surface area contributed by atoms with Gasteiger partial charge in [0.05, 0.1) is 24.4 Å². The smallest absolute Gasteiger partial charge is 0.262 e. The first-order valence-corrected chi connectivity index (χ1v) is 7.21. The first-order chi connectivity index (χ1) is 10.2. The Kier molecular flexibility index (Phi) is 4.01. The summed E-state index contributed by atoms with van der Waals surface area (Å²) in [5.41, 5.74) is 1.00. The molecular weight excluding hydrogens is 270 g/mol. The summed E-state index contributed by atoms with van der Waals surface area (Å²) in [7, 11) is 0. The van der Waals surface area contributed by atoms with Crippen molar-refractivity contribution in [3.63, 3.8) is 0 Å². The zero-order chi connectivity index (χ0) is 14.8. The molecule has 21 heavy (non-hydrogen) atoms. The van der Waals surface area contributed by atoms with Gasteiger partial charge >= 0.3 is 0 Å². The number of aliphatic hydroxyl groups is 1. The molecule has 1 aromatic rings. The molecule has 1 aromatic carbocycles. The van der Waals surface area contributed by atoms with Gasteiger partial charge in [0.1, 0.15) is 0 Å². The molecule has 6 nitrogen and oxygen atoms in total. The number of rotatable bonds is 4. The van der Waals surface area contributed by atoms with Gasteiger partial charge in [-0.15, -0.1) is 0 Å². The van der Waals surface area contributed by atoms with Crippen LogP contribution in [0.5, 0.6) is 0 Å². The summed E-state index contributed by atoms with van der Waals surface area (Å²) >= 11 is 0. The van der Waals surface area contributed by atoms with Gasteiger partial charge in [0.2, 0.25) is 0 Å². The summed E-state index contributed by atoms with van der Waals surface area (Å²) in [5.74, 6) is -0.401. The first-order valence-electron chi connectivity index (χ1n) is 7.21. The summed E-state index contributed by atoms with van der Waals surface area (Å²) in [5, 5.41) is 8.93. The molecule has 0 radical (unpaired) electrons. The largest absolute Gasteiger partial charge is 0.395 e. The highest BCUT2D eigenvalue weighted by molar-refractivity contribution is 6.21. The molecular formula is C15H19N3O3. The number of carbonyl (C=O) groups is 2. The molecule has 1 fully saturated rings. The van der Waals surface area contributed by atoms with Gasteiger partial charge in [-0.25, -0.2) is 0 Å². The average Bonchev–Trinajstić information content (AvgIpc) is 2.75. The number of imide groups is 1. The molecule has 2 aliphatic rings. The highest BCUT2D eigenvalue weighted by atomic mass is 16.3. The van der Waals surface area contributed by atoms with E-state index in [0.29, 0.717) is 24.3 Å². The molecule has 1 N–H and O–H groups in total. The molecule has 0 aliphatic carbocycles. The van der Waals surface area contributed by atoms with Crippen molar-refractivity contribution in [1.29, 1.82) is 0 Å². The van der Waals surface area contributed by atoms with Gasteiger partial charge in [-0.2, -0.15) is 0 Å². The Bertz CT molecular complexity index is 518. The third-order valence-corrected chi connectivity index (χ3v) is 4.10. The van der Waals surface area contributed by atoms with E-state index in [1.165, 1.54) is 4.90 Å². The van der Waals surface area contributed by atoms with Crippen molar-refractivity contribution in [3.8, 4) is 0 Å². The van der Waals surface area contributed by atoms with Gasteiger partial charge in [-0.1, -0.05) is 12.1 Å². The van der Waals surface area contributed by atoms with Gasteiger partial charge in [0, 0.05) is 32.7 Å². The lowest BCUT2D eigenvalue weighted by atomic mass is 10.1. The maximum atomic E-state index is 12.3. The standard InChI is InChI=1S/C15H19N3O3/c19-10-9-16-5-7-17(8-6-16)11-18-14(20)12-3-1-2-4-13(12)15(18)21/h1-4,19H,5-11H2. The quantitative estimate of drug-likeness (QED) is 0.781. The van der Waals surface area contributed by atoms with E-state index in [1.807, 2.05) is 0 Å². The van der Waals surface area contributed by atoms with Crippen LogP contribution in [0.2, 0.25) is 0 Å². The summed E-state index contributed by atoms with van der Waals surface area (Å²) in [6.45, 7) is 4.49. The number of fused-ring (bicyclic) bond motifs is 1. The lowest BCUT2D eigenvalue weighted by molar-refractivity contribution is 0.0439. The maximum Gasteiger partial charge on any atom is 0.262 e.